The lowest BCUT2D eigenvalue weighted by Crippen LogP contribution is -2.13. The van der Waals surface area contributed by atoms with Crippen molar-refractivity contribution in [2.75, 3.05) is 60.5 Å². The van der Waals surface area contributed by atoms with Crippen LogP contribution in [0.3, 0.4) is 0 Å². The minimum atomic E-state index is -0.0796. The highest BCUT2D eigenvalue weighted by atomic mass is 16.6. The Morgan fingerprint density at radius 3 is 1.56 bits per heavy atom. The highest BCUT2D eigenvalue weighted by Gasteiger charge is 2.17. The molecule has 1 aromatic heterocycles. The van der Waals surface area contributed by atoms with Crippen LogP contribution in [0.5, 0.6) is 29.0 Å². The number of ether oxygens (including phenoxy) is 6. The molecule has 0 amide bonds. The smallest absolute Gasteiger partial charge is 0.320 e. The first-order valence-electron chi connectivity index (χ1n) is 11.4. The molecule has 0 aliphatic heterocycles. The number of benzene rings is 2. The second kappa shape index (κ2) is 14.0. The van der Waals surface area contributed by atoms with Gasteiger partial charge in [-0.2, -0.15) is 9.97 Å². The van der Waals surface area contributed by atoms with Crippen LogP contribution in [0, 0.1) is 0 Å². The number of rotatable bonds is 15. The largest absolute Gasteiger partial charge is 0.507 e. The third-order valence-corrected chi connectivity index (χ3v) is 4.91. The molecular weight excluding hydrogens is 470 g/mol. The summed E-state index contributed by atoms with van der Waals surface area (Å²) in [6, 6.07) is 9.52. The molecule has 0 saturated heterocycles. The van der Waals surface area contributed by atoms with Crippen LogP contribution in [0.25, 0.3) is 22.8 Å². The summed E-state index contributed by atoms with van der Waals surface area (Å²) in [5.74, 6) is 1.12. The van der Waals surface area contributed by atoms with Gasteiger partial charge in [-0.1, -0.05) is 0 Å². The number of methoxy groups -OCH3 is 2. The Bertz CT molecular complexity index is 1040. The molecule has 3 rings (SSSR count). The molecule has 0 bridgehead atoms. The number of nitrogens with zero attached hydrogens (tertiary/aromatic N) is 3. The van der Waals surface area contributed by atoms with Crippen molar-refractivity contribution >= 4 is 0 Å². The van der Waals surface area contributed by atoms with Gasteiger partial charge in [-0.15, -0.1) is 0 Å². The molecule has 0 aliphatic carbocycles. The Kier molecular flexibility index (Phi) is 10.5. The van der Waals surface area contributed by atoms with Gasteiger partial charge in [0, 0.05) is 18.7 Å². The van der Waals surface area contributed by atoms with E-state index in [1.54, 1.807) is 24.3 Å². The summed E-state index contributed by atoms with van der Waals surface area (Å²) in [5.41, 5.74) is 0.690. The van der Waals surface area contributed by atoms with E-state index in [-0.39, 0.29) is 42.4 Å². The first-order valence-corrected chi connectivity index (χ1v) is 11.4. The summed E-state index contributed by atoms with van der Waals surface area (Å²) < 4.78 is 32.1. The standard InChI is InChI=1S/C25H31N3O8/c1-4-33-9-10-34-11-12-35-13-14-36-25-27-23(19-7-5-17(31-2)15-21(19)29)26-24(28-25)20-8-6-18(32-3)16-22(20)30/h5-8,15-16,29-30H,4,9-14H2,1-3H3. The van der Waals surface area contributed by atoms with Crippen molar-refractivity contribution in [1.82, 2.24) is 15.0 Å². The van der Waals surface area contributed by atoms with Crippen LogP contribution < -0.4 is 14.2 Å². The van der Waals surface area contributed by atoms with E-state index in [1.165, 1.54) is 26.4 Å². The Balaban J connectivity index is 1.73. The molecule has 2 aromatic carbocycles. The first-order chi connectivity index (χ1) is 17.5. The highest BCUT2D eigenvalue weighted by Crippen LogP contribution is 2.35. The average Bonchev–Trinajstić information content (AvgIpc) is 2.89. The molecule has 0 unspecified atom stereocenters. The molecule has 11 heteroatoms. The normalized spacial score (nSPS) is 10.9. The number of phenols is 2. The summed E-state index contributed by atoms with van der Waals surface area (Å²) in [4.78, 5) is 13.1. The molecule has 0 fully saturated rings. The maximum Gasteiger partial charge on any atom is 0.320 e. The van der Waals surface area contributed by atoms with E-state index in [0.29, 0.717) is 55.7 Å². The fraction of sp³-hybridized carbons (Fsp3) is 0.400. The molecular formula is C25H31N3O8. The van der Waals surface area contributed by atoms with Crippen molar-refractivity contribution in [3.05, 3.63) is 36.4 Å². The van der Waals surface area contributed by atoms with E-state index in [2.05, 4.69) is 15.0 Å². The van der Waals surface area contributed by atoms with Crippen LogP contribution in [-0.2, 0) is 14.2 Å². The van der Waals surface area contributed by atoms with Crippen molar-refractivity contribution < 1.29 is 38.6 Å². The molecule has 194 valence electrons. The third kappa shape index (κ3) is 7.67. The van der Waals surface area contributed by atoms with Crippen molar-refractivity contribution in [1.29, 1.82) is 0 Å². The van der Waals surface area contributed by atoms with Crippen LogP contribution in [0.15, 0.2) is 36.4 Å². The van der Waals surface area contributed by atoms with E-state index in [0.717, 1.165) is 0 Å². The SMILES string of the molecule is CCOCCOCCOCCOc1nc(-c2ccc(OC)cc2O)nc(-c2ccc(OC)cc2O)n1. The van der Waals surface area contributed by atoms with Crippen molar-refractivity contribution in [2.24, 2.45) is 0 Å². The van der Waals surface area contributed by atoms with Gasteiger partial charge in [0.1, 0.15) is 29.6 Å². The fourth-order valence-electron chi connectivity index (χ4n) is 3.09. The van der Waals surface area contributed by atoms with E-state index in [4.69, 9.17) is 28.4 Å². The summed E-state index contributed by atoms with van der Waals surface area (Å²) in [6.07, 6.45) is 0. The molecule has 0 atom stereocenters. The lowest BCUT2D eigenvalue weighted by molar-refractivity contribution is 0.0108. The van der Waals surface area contributed by atoms with Crippen molar-refractivity contribution in [2.45, 2.75) is 6.92 Å². The second-order valence-corrected chi connectivity index (χ2v) is 7.30. The quantitative estimate of drug-likeness (QED) is 0.297. The minimum Gasteiger partial charge on any atom is -0.507 e. The van der Waals surface area contributed by atoms with E-state index < -0.39 is 0 Å². The van der Waals surface area contributed by atoms with Gasteiger partial charge in [-0.05, 0) is 31.2 Å². The van der Waals surface area contributed by atoms with E-state index in [9.17, 15) is 10.2 Å². The van der Waals surface area contributed by atoms with Crippen LogP contribution >= 0.6 is 0 Å². The number of aromatic nitrogens is 3. The summed E-state index contributed by atoms with van der Waals surface area (Å²) >= 11 is 0. The van der Waals surface area contributed by atoms with E-state index >= 15 is 0 Å². The molecule has 0 spiro atoms. The number of phenolic OH excluding ortho intramolecular Hbond substituents is 2. The van der Waals surface area contributed by atoms with Gasteiger partial charge in [0.2, 0.25) is 0 Å². The van der Waals surface area contributed by atoms with Crippen molar-refractivity contribution in [3.8, 4) is 51.8 Å². The van der Waals surface area contributed by atoms with E-state index in [1.807, 2.05) is 6.92 Å². The second-order valence-electron chi connectivity index (χ2n) is 7.30. The minimum absolute atomic E-state index is 0.0111. The molecule has 0 aliphatic rings. The maximum atomic E-state index is 10.5. The Morgan fingerprint density at radius 1 is 0.639 bits per heavy atom. The van der Waals surface area contributed by atoms with Gasteiger partial charge in [-0.3, -0.25) is 0 Å². The first kappa shape index (κ1) is 26.9. The van der Waals surface area contributed by atoms with Crippen LogP contribution in [0.1, 0.15) is 6.92 Å². The summed E-state index contributed by atoms with van der Waals surface area (Å²) in [7, 11) is 3.01. The molecule has 2 N–H and O–H groups in total. The summed E-state index contributed by atoms with van der Waals surface area (Å²) in [6.45, 7) is 4.97. The molecule has 11 nitrogen and oxygen atoms in total. The number of hydrogen-bond donors (Lipinski definition) is 2. The maximum absolute atomic E-state index is 10.5. The number of hydrogen-bond acceptors (Lipinski definition) is 11. The molecule has 1 heterocycles. The van der Waals surface area contributed by atoms with Gasteiger partial charge in [-0.25, -0.2) is 4.98 Å². The Hall–Kier alpha value is -3.67. The molecule has 3 aromatic rings. The molecule has 36 heavy (non-hydrogen) atoms. The van der Waals surface area contributed by atoms with Crippen LogP contribution in [0.4, 0.5) is 0 Å². The Morgan fingerprint density at radius 2 is 1.11 bits per heavy atom. The number of aromatic hydroxyl groups is 2. The van der Waals surface area contributed by atoms with Crippen LogP contribution in [-0.4, -0.2) is 85.6 Å². The van der Waals surface area contributed by atoms with Gasteiger partial charge >= 0.3 is 6.01 Å². The summed E-state index contributed by atoms with van der Waals surface area (Å²) in [5, 5.41) is 21.0. The predicted octanol–water partition coefficient (Wildman–Crippen LogP) is 3.08. The lowest BCUT2D eigenvalue weighted by atomic mass is 10.1. The average molecular weight is 502 g/mol. The van der Waals surface area contributed by atoms with Gasteiger partial charge in [0.15, 0.2) is 11.6 Å². The fourth-order valence-corrected chi connectivity index (χ4v) is 3.09. The third-order valence-electron chi connectivity index (χ3n) is 4.91. The Labute approximate surface area is 209 Å². The van der Waals surface area contributed by atoms with Gasteiger partial charge in [0.05, 0.1) is 58.4 Å². The van der Waals surface area contributed by atoms with Gasteiger partial charge < -0.3 is 38.6 Å². The zero-order valence-corrected chi connectivity index (χ0v) is 20.6. The monoisotopic (exact) mass is 501 g/mol. The predicted molar refractivity (Wildman–Crippen MR) is 131 cm³/mol. The van der Waals surface area contributed by atoms with Crippen LogP contribution in [0.2, 0.25) is 0 Å². The highest BCUT2D eigenvalue weighted by molar-refractivity contribution is 5.70. The molecule has 0 radical (unpaired) electrons. The zero-order chi connectivity index (χ0) is 25.8. The van der Waals surface area contributed by atoms with Gasteiger partial charge in [0.25, 0.3) is 0 Å². The topological polar surface area (TPSA) is 135 Å². The lowest BCUT2D eigenvalue weighted by Gasteiger charge is -2.12. The molecule has 0 saturated carbocycles. The van der Waals surface area contributed by atoms with Crippen molar-refractivity contribution in [3.63, 3.8) is 0 Å². The zero-order valence-electron chi connectivity index (χ0n) is 20.6.